The van der Waals surface area contributed by atoms with Gasteiger partial charge in [0, 0.05) is 5.41 Å². The highest BCUT2D eigenvalue weighted by molar-refractivity contribution is 6.69. The molecule has 0 bridgehead atoms. The number of rotatable bonds is 2. The molecule has 0 atom stereocenters. The van der Waals surface area contributed by atoms with Gasteiger partial charge in [-0.25, -0.2) is 0 Å². The molecule has 0 amide bonds. The van der Waals surface area contributed by atoms with Gasteiger partial charge in [-0.2, -0.15) is 0 Å². The Hall–Kier alpha value is -1.21. The zero-order valence-corrected chi connectivity index (χ0v) is 14.1. The van der Waals surface area contributed by atoms with Crippen molar-refractivity contribution in [3.8, 4) is 0 Å². The molecule has 1 aliphatic carbocycles. The van der Waals surface area contributed by atoms with Crippen LogP contribution in [0.5, 0.6) is 0 Å². The number of hydrogen-bond acceptors (Lipinski definition) is 0. The summed E-state index contributed by atoms with van der Waals surface area (Å²) < 4.78 is -1.38. The first-order valence-corrected chi connectivity index (χ1v) is 8.23. The van der Waals surface area contributed by atoms with Crippen LogP contribution < -0.4 is 0 Å². The van der Waals surface area contributed by atoms with Crippen molar-refractivity contribution in [2.75, 3.05) is 0 Å². The molecule has 22 heavy (non-hydrogen) atoms. The Kier molecular flexibility index (Phi) is 4.36. The first kappa shape index (κ1) is 15.7. The minimum absolute atomic E-state index is 0.220. The third kappa shape index (κ3) is 2.96. The van der Waals surface area contributed by atoms with Crippen LogP contribution in [0, 0.1) is 0 Å². The minimum Gasteiger partial charge on any atom is -0.0784 e. The van der Waals surface area contributed by atoms with Crippen LogP contribution in [-0.4, -0.2) is 3.79 Å². The summed E-state index contributed by atoms with van der Waals surface area (Å²) in [5.74, 6) is 0. The quantitative estimate of drug-likeness (QED) is 0.564. The molecule has 0 fully saturated rings. The summed E-state index contributed by atoms with van der Waals surface area (Å²) in [6.07, 6.45) is 6.86. The SMILES string of the molecule is ClC(Cl)(Cl)C1=CCC(c2ccccc2)(c2ccccc2)C=C1. The van der Waals surface area contributed by atoms with E-state index in [1.54, 1.807) is 0 Å². The van der Waals surface area contributed by atoms with Crippen molar-refractivity contribution in [2.24, 2.45) is 0 Å². The van der Waals surface area contributed by atoms with E-state index in [1.165, 1.54) is 11.1 Å². The highest BCUT2D eigenvalue weighted by atomic mass is 35.6. The molecule has 0 aliphatic heterocycles. The molecule has 2 aromatic carbocycles. The maximum Gasteiger partial charge on any atom is 0.215 e. The van der Waals surface area contributed by atoms with E-state index in [0.717, 1.165) is 12.0 Å². The van der Waals surface area contributed by atoms with E-state index in [-0.39, 0.29) is 5.41 Å². The van der Waals surface area contributed by atoms with E-state index in [2.05, 4.69) is 54.6 Å². The molecule has 3 rings (SSSR count). The van der Waals surface area contributed by atoms with Gasteiger partial charge in [-0.15, -0.1) is 0 Å². The van der Waals surface area contributed by atoms with Crippen LogP contribution >= 0.6 is 34.8 Å². The second-order valence-corrected chi connectivity index (χ2v) is 7.68. The summed E-state index contributed by atoms with van der Waals surface area (Å²) in [6, 6.07) is 20.9. The van der Waals surface area contributed by atoms with Gasteiger partial charge < -0.3 is 0 Å². The minimum atomic E-state index is -1.38. The lowest BCUT2D eigenvalue weighted by Crippen LogP contribution is -2.27. The molecular formula is C19H15Cl3. The third-order valence-electron chi connectivity index (χ3n) is 4.10. The van der Waals surface area contributed by atoms with E-state index < -0.39 is 3.79 Å². The topological polar surface area (TPSA) is 0 Å². The summed E-state index contributed by atoms with van der Waals surface area (Å²) in [5, 5.41) is 0. The Balaban J connectivity index is 2.09. The molecule has 2 aromatic rings. The zero-order valence-electron chi connectivity index (χ0n) is 11.8. The van der Waals surface area contributed by atoms with Gasteiger partial charge in [0.05, 0.1) is 0 Å². The van der Waals surface area contributed by atoms with Gasteiger partial charge >= 0.3 is 0 Å². The summed E-state index contributed by atoms with van der Waals surface area (Å²) in [5.41, 5.74) is 2.97. The van der Waals surface area contributed by atoms with Gasteiger partial charge in [0.1, 0.15) is 0 Å². The van der Waals surface area contributed by atoms with Crippen molar-refractivity contribution in [1.82, 2.24) is 0 Å². The predicted octanol–water partition coefficient (Wildman–Crippen LogP) is 6.23. The summed E-state index contributed by atoms with van der Waals surface area (Å²) in [7, 11) is 0. The normalized spacial score (nSPS) is 17.1. The Bertz CT molecular complexity index is 655. The van der Waals surface area contributed by atoms with Gasteiger partial charge in [0.15, 0.2) is 0 Å². The fourth-order valence-electron chi connectivity index (χ4n) is 2.92. The summed E-state index contributed by atoms with van der Waals surface area (Å²) in [6.45, 7) is 0. The van der Waals surface area contributed by atoms with E-state index in [1.807, 2.05) is 24.3 Å². The Morgan fingerprint density at radius 2 is 1.27 bits per heavy atom. The average Bonchev–Trinajstić information content (AvgIpc) is 2.56. The Morgan fingerprint density at radius 3 is 1.64 bits per heavy atom. The highest BCUT2D eigenvalue weighted by Crippen LogP contribution is 2.44. The number of halogens is 3. The van der Waals surface area contributed by atoms with Crippen LogP contribution in [0.2, 0.25) is 0 Å². The largest absolute Gasteiger partial charge is 0.215 e. The van der Waals surface area contributed by atoms with E-state index in [4.69, 9.17) is 34.8 Å². The molecular weight excluding hydrogens is 335 g/mol. The molecule has 0 nitrogen and oxygen atoms in total. The van der Waals surface area contributed by atoms with Gasteiger partial charge in [0.25, 0.3) is 0 Å². The van der Waals surface area contributed by atoms with Gasteiger partial charge in [0.2, 0.25) is 3.79 Å². The Labute approximate surface area is 146 Å². The van der Waals surface area contributed by atoms with Crippen LogP contribution in [0.1, 0.15) is 17.5 Å². The van der Waals surface area contributed by atoms with Crippen molar-refractivity contribution in [3.05, 3.63) is 95.6 Å². The van der Waals surface area contributed by atoms with E-state index in [0.29, 0.717) is 0 Å². The van der Waals surface area contributed by atoms with Crippen LogP contribution in [0.15, 0.2) is 84.5 Å². The molecule has 0 aromatic heterocycles. The lowest BCUT2D eigenvalue weighted by Gasteiger charge is -2.34. The molecule has 3 heteroatoms. The summed E-state index contributed by atoms with van der Waals surface area (Å²) >= 11 is 18.0. The van der Waals surface area contributed by atoms with Gasteiger partial charge in [-0.3, -0.25) is 0 Å². The van der Waals surface area contributed by atoms with Crippen LogP contribution in [0.3, 0.4) is 0 Å². The second kappa shape index (κ2) is 6.12. The molecule has 0 saturated carbocycles. The molecule has 0 N–H and O–H groups in total. The summed E-state index contributed by atoms with van der Waals surface area (Å²) in [4.78, 5) is 0. The molecule has 112 valence electrons. The van der Waals surface area contributed by atoms with Crippen molar-refractivity contribution in [1.29, 1.82) is 0 Å². The van der Waals surface area contributed by atoms with Crippen molar-refractivity contribution in [3.63, 3.8) is 0 Å². The monoisotopic (exact) mass is 348 g/mol. The maximum atomic E-state index is 6.01. The number of allylic oxidation sites excluding steroid dienone is 4. The fraction of sp³-hybridized carbons (Fsp3) is 0.158. The standard InChI is InChI=1S/C19H15Cl3/c20-19(21,22)17-11-13-18(14-12-17,15-7-3-1-4-8-15)16-9-5-2-6-10-16/h1-13H,14H2. The van der Waals surface area contributed by atoms with E-state index in [9.17, 15) is 0 Å². The first-order valence-electron chi connectivity index (χ1n) is 7.10. The predicted molar refractivity (Wildman–Crippen MR) is 95.8 cm³/mol. The molecule has 0 heterocycles. The Morgan fingerprint density at radius 1 is 0.773 bits per heavy atom. The lowest BCUT2D eigenvalue weighted by atomic mass is 9.69. The maximum absolute atomic E-state index is 6.01. The number of benzene rings is 2. The molecule has 0 saturated heterocycles. The van der Waals surface area contributed by atoms with E-state index >= 15 is 0 Å². The van der Waals surface area contributed by atoms with Crippen LogP contribution in [0.25, 0.3) is 0 Å². The highest BCUT2D eigenvalue weighted by Gasteiger charge is 2.35. The fourth-order valence-corrected chi connectivity index (χ4v) is 3.34. The zero-order chi connectivity index (χ0) is 15.6. The van der Waals surface area contributed by atoms with Crippen LogP contribution in [-0.2, 0) is 5.41 Å². The molecule has 0 spiro atoms. The molecule has 0 unspecified atom stereocenters. The molecule has 0 radical (unpaired) electrons. The second-order valence-electron chi connectivity index (χ2n) is 5.40. The van der Waals surface area contributed by atoms with Gasteiger partial charge in [-0.05, 0) is 23.1 Å². The lowest BCUT2D eigenvalue weighted by molar-refractivity contribution is 0.642. The third-order valence-corrected chi connectivity index (χ3v) is 4.75. The molecule has 1 aliphatic rings. The van der Waals surface area contributed by atoms with Gasteiger partial charge in [-0.1, -0.05) is 114 Å². The van der Waals surface area contributed by atoms with Crippen molar-refractivity contribution < 1.29 is 0 Å². The van der Waals surface area contributed by atoms with Crippen molar-refractivity contribution in [2.45, 2.75) is 15.6 Å². The average molecular weight is 350 g/mol. The van der Waals surface area contributed by atoms with Crippen molar-refractivity contribution >= 4 is 34.8 Å². The number of alkyl halides is 3. The number of hydrogen-bond donors (Lipinski definition) is 0. The van der Waals surface area contributed by atoms with Crippen LogP contribution in [0.4, 0.5) is 0 Å². The smallest absolute Gasteiger partial charge is 0.0784 e. The first-order chi connectivity index (χ1) is 10.5.